The van der Waals surface area contributed by atoms with Crippen LogP contribution in [0.1, 0.15) is 18.5 Å². The van der Waals surface area contributed by atoms with Gasteiger partial charge >= 0.3 is 0 Å². The lowest BCUT2D eigenvalue weighted by molar-refractivity contribution is -0.0447. The number of para-hydroxylation sites is 1. The second-order valence-corrected chi connectivity index (χ2v) is 4.81. The van der Waals surface area contributed by atoms with Gasteiger partial charge in [0.05, 0.1) is 25.9 Å². The second kappa shape index (κ2) is 6.89. The number of likely N-dealkylation sites (N-methyl/N-ethyl adjacent to an activating group) is 2. The normalized spacial score (nSPS) is 22.2. The van der Waals surface area contributed by atoms with Gasteiger partial charge in [-0.2, -0.15) is 0 Å². The first-order chi connectivity index (χ1) is 9.30. The molecular weight excluding hydrogens is 240 g/mol. The standard InChI is InChI=1S/C15H24N2O2/c1-4-17-9-10-19-14(11-17)15(16-2)12-7-5-6-8-13(12)18-3/h5-8,14-16H,4,9-11H2,1-3H3. The molecule has 2 unspecified atom stereocenters. The van der Waals surface area contributed by atoms with Crippen LogP contribution in [0, 0.1) is 0 Å². The first-order valence-corrected chi connectivity index (χ1v) is 6.94. The first kappa shape index (κ1) is 14.3. The fourth-order valence-electron chi connectivity index (χ4n) is 2.69. The maximum Gasteiger partial charge on any atom is 0.123 e. The highest BCUT2D eigenvalue weighted by Gasteiger charge is 2.29. The fourth-order valence-corrected chi connectivity index (χ4v) is 2.69. The number of methoxy groups -OCH3 is 1. The number of nitrogens with zero attached hydrogens (tertiary/aromatic N) is 1. The Labute approximate surface area is 115 Å². The predicted octanol–water partition coefficient (Wildman–Crippen LogP) is 1.68. The van der Waals surface area contributed by atoms with Crippen molar-refractivity contribution in [2.24, 2.45) is 0 Å². The molecule has 0 aromatic heterocycles. The summed E-state index contributed by atoms with van der Waals surface area (Å²) in [6, 6.07) is 8.30. The van der Waals surface area contributed by atoms with Gasteiger partial charge in [-0.25, -0.2) is 0 Å². The molecule has 4 nitrogen and oxygen atoms in total. The van der Waals surface area contributed by atoms with Gasteiger partial charge in [0.1, 0.15) is 5.75 Å². The zero-order valence-corrected chi connectivity index (χ0v) is 12.1. The van der Waals surface area contributed by atoms with Gasteiger partial charge in [-0.05, 0) is 19.7 Å². The van der Waals surface area contributed by atoms with E-state index in [-0.39, 0.29) is 12.1 Å². The molecule has 1 N–H and O–H groups in total. The van der Waals surface area contributed by atoms with Crippen molar-refractivity contribution in [1.29, 1.82) is 0 Å². The summed E-state index contributed by atoms with van der Waals surface area (Å²) in [5.41, 5.74) is 1.16. The summed E-state index contributed by atoms with van der Waals surface area (Å²) in [5, 5.41) is 3.38. The van der Waals surface area contributed by atoms with E-state index in [0.717, 1.165) is 37.6 Å². The van der Waals surface area contributed by atoms with Gasteiger partial charge in [-0.1, -0.05) is 25.1 Å². The summed E-state index contributed by atoms with van der Waals surface area (Å²) in [6.45, 7) is 6.04. The van der Waals surface area contributed by atoms with Gasteiger partial charge in [-0.15, -0.1) is 0 Å². The summed E-state index contributed by atoms with van der Waals surface area (Å²) in [7, 11) is 3.69. The Hall–Kier alpha value is -1.10. The predicted molar refractivity (Wildman–Crippen MR) is 76.6 cm³/mol. The third-order valence-electron chi connectivity index (χ3n) is 3.78. The minimum Gasteiger partial charge on any atom is -0.496 e. The van der Waals surface area contributed by atoms with E-state index in [1.165, 1.54) is 0 Å². The van der Waals surface area contributed by atoms with Gasteiger partial charge in [-0.3, -0.25) is 4.90 Å². The van der Waals surface area contributed by atoms with Crippen molar-refractivity contribution < 1.29 is 9.47 Å². The molecular formula is C15H24N2O2. The summed E-state index contributed by atoms with van der Waals surface area (Å²) in [4.78, 5) is 2.42. The zero-order valence-electron chi connectivity index (χ0n) is 12.1. The summed E-state index contributed by atoms with van der Waals surface area (Å²) in [5.74, 6) is 0.916. The Bertz CT molecular complexity index is 397. The van der Waals surface area contributed by atoms with Crippen molar-refractivity contribution in [3.8, 4) is 5.75 Å². The minimum atomic E-state index is 0.158. The molecule has 0 bridgehead atoms. The Morgan fingerprint density at radius 3 is 2.95 bits per heavy atom. The SMILES string of the molecule is CCN1CCOC(C(NC)c2ccccc2OC)C1. The van der Waals surface area contributed by atoms with Crippen LogP contribution < -0.4 is 10.1 Å². The maximum atomic E-state index is 5.96. The number of nitrogens with one attached hydrogen (secondary N) is 1. The van der Waals surface area contributed by atoms with Crippen molar-refractivity contribution in [3.05, 3.63) is 29.8 Å². The molecule has 1 aliphatic rings. The third-order valence-corrected chi connectivity index (χ3v) is 3.78. The molecule has 1 aliphatic heterocycles. The molecule has 2 rings (SSSR count). The van der Waals surface area contributed by atoms with Gasteiger partial charge in [0.25, 0.3) is 0 Å². The molecule has 0 spiro atoms. The molecule has 1 aromatic rings. The number of hydrogen-bond acceptors (Lipinski definition) is 4. The van der Waals surface area contributed by atoms with Crippen molar-refractivity contribution >= 4 is 0 Å². The van der Waals surface area contributed by atoms with E-state index in [1.807, 2.05) is 25.2 Å². The van der Waals surface area contributed by atoms with Crippen molar-refractivity contribution in [2.75, 3.05) is 40.4 Å². The monoisotopic (exact) mass is 264 g/mol. The fraction of sp³-hybridized carbons (Fsp3) is 0.600. The molecule has 4 heteroatoms. The van der Waals surface area contributed by atoms with Crippen LogP contribution in [0.25, 0.3) is 0 Å². The molecule has 1 aromatic carbocycles. The molecule has 106 valence electrons. The van der Waals surface area contributed by atoms with Gasteiger partial charge in [0, 0.05) is 18.7 Å². The van der Waals surface area contributed by atoms with E-state index in [0.29, 0.717) is 0 Å². The summed E-state index contributed by atoms with van der Waals surface area (Å²) in [6.07, 6.45) is 0.162. The maximum absolute atomic E-state index is 5.96. The zero-order chi connectivity index (χ0) is 13.7. The quantitative estimate of drug-likeness (QED) is 0.877. The van der Waals surface area contributed by atoms with E-state index in [4.69, 9.17) is 9.47 Å². The molecule has 1 saturated heterocycles. The lowest BCUT2D eigenvalue weighted by Crippen LogP contribution is -2.47. The molecule has 0 aliphatic carbocycles. The molecule has 0 radical (unpaired) electrons. The van der Waals surface area contributed by atoms with Crippen molar-refractivity contribution in [2.45, 2.75) is 19.1 Å². The first-order valence-electron chi connectivity index (χ1n) is 6.94. The number of benzene rings is 1. The average Bonchev–Trinajstić information content (AvgIpc) is 2.49. The molecule has 0 amide bonds. The van der Waals surface area contributed by atoms with Crippen LogP contribution in [0.5, 0.6) is 5.75 Å². The number of hydrogen-bond donors (Lipinski definition) is 1. The Balaban J connectivity index is 2.19. The lowest BCUT2D eigenvalue weighted by Gasteiger charge is -2.37. The van der Waals surface area contributed by atoms with E-state index < -0.39 is 0 Å². The summed E-state index contributed by atoms with van der Waals surface area (Å²) >= 11 is 0. The number of ether oxygens (including phenoxy) is 2. The van der Waals surface area contributed by atoms with Crippen molar-refractivity contribution in [1.82, 2.24) is 10.2 Å². The van der Waals surface area contributed by atoms with E-state index in [1.54, 1.807) is 7.11 Å². The van der Waals surface area contributed by atoms with E-state index in [9.17, 15) is 0 Å². The summed E-state index contributed by atoms with van der Waals surface area (Å²) < 4.78 is 11.4. The molecule has 1 fully saturated rings. The lowest BCUT2D eigenvalue weighted by atomic mass is 9.99. The molecule has 2 atom stereocenters. The minimum absolute atomic E-state index is 0.158. The molecule has 19 heavy (non-hydrogen) atoms. The molecule has 0 saturated carbocycles. The van der Waals surface area contributed by atoms with Gasteiger partial charge in [0.2, 0.25) is 0 Å². The highest BCUT2D eigenvalue weighted by molar-refractivity contribution is 5.36. The Kier molecular flexibility index (Phi) is 5.19. The van der Waals surface area contributed by atoms with Gasteiger partial charge in [0.15, 0.2) is 0 Å². The topological polar surface area (TPSA) is 33.7 Å². The van der Waals surface area contributed by atoms with Gasteiger partial charge < -0.3 is 14.8 Å². The molecule has 1 heterocycles. The van der Waals surface area contributed by atoms with Crippen molar-refractivity contribution in [3.63, 3.8) is 0 Å². The van der Waals surface area contributed by atoms with Crippen LogP contribution in [0.2, 0.25) is 0 Å². The smallest absolute Gasteiger partial charge is 0.123 e. The number of rotatable bonds is 5. The average molecular weight is 264 g/mol. The highest BCUT2D eigenvalue weighted by Crippen LogP contribution is 2.29. The van der Waals surface area contributed by atoms with Crippen LogP contribution in [-0.2, 0) is 4.74 Å². The Morgan fingerprint density at radius 1 is 1.47 bits per heavy atom. The highest BCUT2D eigenvalue weighted by atomic mass is 16.5. The van der Waals surface area contributed by atoms with Crippen LogP contribution >= 0.6 is 0 Å². The Morgan fingerprint density at radius 2 is 2.26 bits per heavy atom. The third kappa shape index (κ3) is 3.26. The second-order valence-electron chi connectivity index (χ2n) is 4.81. The van der Waals surface area contributed by atoms with E-state index in [2.05, 4.69) is 23.2 Å². The largest absolute Gasteiger partial charge is 0.496 e. The van der Waals surface area contributed by atoms with Crippen LogP contribution in [0.3, 0.4) is 0 Å². The van der Waals surface area contributed by atoms with Crippen LogP contribution in [0.15, 0.2) is 24.3 Å². The number of morpholine rings is 1. The van der Waals surface area contributed by atoms with Crippen LogP contribution in [-0.4, -0.2) is 51.4 Å². The van der Waals surface area contributed by atoms with E-state index >= 15 is 0 Å². The van der Waals surface area contributed by atoms with Crippen LogP contribution in [0.4, 0.5) is 0 Å².